The van der Waals surface area contributed by atoms with Crippen LogP contribution in [-0.2, 0) is 12.8 Å². The van der Waals surface area contributed by atoms with Gasteiger partial charge in [0.2, 0.25) is 0 Å². The Morgan fingerprint density at radius 2 is 2.21 bits per heavy atom. The number of aryl methyl sites for hydroxylation is 2. The van der Waals surface area contributed by atoms with Gasteiger partial charge in [-0.1, -0.05) is 0 Å². The number of rotatable bonds is 2. The van der Waals surface area contributed by atoms with E-state index in [9.17, 15) is 4.79 Å². The maximum atomic E-state index is 12.3. The molecule has 0 radical (unpaired) electrons. The fourth-order valence-electron chi connectivity index (χ4n) is 3.08. The molecule has 2 aliphatic rings. The Morgan fingerprint density at radius 3 is 3.00 bits per heavy atom. The molecule has 0 bridgehead atoms. The number of hydrogen-bond donors (Lipinski definition) is 2. The van der Waals surface area contributed by atoms with Gasteiger partial charge < -0.3 is 10.6 Å². The average molecular weight is 278 g/mol. The van der Waals surface area contributed by atoms with Crippen LogP contribution in [0.15, 0.2) is 6.07 Å². The topological polar surface area (TPSA) is 41.1 Å². The van der Waals surface area contributed by atoms with Crippen LogP contribution in [0.4, 0.5) is 0 Å². The van der Waals surface area contributed by atoms with Gasteiger partial charge >= 0.3 is 0 Å². The van der Waals surface area contributed by atoms with Crippen LogP contribution in [0, 0.1) is 0 Å². The minimum Gasteiger partial charge on any atom is -0.347 e. The summed E-state index contributed by atoms with van der Waals surface area (Å²) in [4.78, 5) is 14.7. The van der Waals surface area contributed by atoms with Crippen molar-refractivity contribution in [1.29, 1.82) is 0 Å². The Morgan fingerprint density at radius 1 is 1.37 bits per heavy atom. The van der Waals surface area contributed by atoms with Crippen molar-refractivity contribution in [1.82, 2.24) is 10.6 Å². The molecule has 104 valence electrons. The first kappa shape index (κ1) is 13.1. The summed E-state index contributed by atoms with van der Waals surface area (Å²) < 4.78 is 0. The Labute approximate surface area is 118 Å². The van der Waals surface area contributed by atoms with Gasteiger partial charge in [-0.2, -0.15) is 0 Å². The predicted molar refractivity (Wildman–Crippen MR) is 78.9 cm³/mol. The third-order valence-corrected chi connectivity index (χ3v) is 5.53. The van der Waals surface area contributed by atoms with E-state index in [0.29, 0.717) is 6.04 Å². The van der Waals surface area contributed by atoms with Crippen molar-refractivity contribution in [2.45, 2.75) is 57.5 Å². The largest absolute Gasteiger partial charge is 0.347 e. The Bertz CT molecular complexity index is 445. The maximum absolute atomic E-state index is 12.3. The second-order valence-corrected chi connectivity index (χ2v) is 6.87. The van der Waals surface area contributed by atoms with Crippen LogP contribution < -0.4 is 10.6 Å². The van der Waals surface area contributed by atoms with Gasteiger partial charge in [-0.15, -0.1) is 11.3 Å². The lowest BCUT2D eigenvalue weighted by Crippen LogP contribution is -2.51. The summed E-state index contributed by atoms with van der Waals surface area (Å²) in [7, 11) is 0. The van der Waals surface area contributed by atoms with Crippen molar-refractivity contribution < 1.29 is 4.79 Å². The van der Waals surface area contributed by atoms with Crippen LogP contribution >= 0.6 is 11.3 Å². The van der Waals surface area contributed by atoms with Crippen LogP contribution in [0.1, 0.15) is 52.7 Å². The van der Waals surface area contributed by atoms with Gasteiger partial charge in [-0.3, -0.25) is 4.79 Å². The molecular formula is C15H22N2OS. The highest BCUT2D eigenvalue weighted by atomic mass is 32.1. The highest BCUT2D eigenvalue weighted by Crippen LogP contribution is 2.29. The number of thiophene rings is 1. The monoisotopic (exact) mass is 278 g/mol. The smallest absolute Gasteiger partial charge is 0.261 e. The molecule has 1 aliphatic carbocycles. The summed E-state index contributed by atoms with van der Waals surface area (Å²) in [6, 6.07) is 2.78. The lowest BCUT2D eigenvalue weighted by Gasteiger charge is -2.30. The van der Waals surface area contributed by atoms with Gasteiger partial charge in [0.25, 0.3) is 5.91 Å². The summed E-state index contributed by atoms with van der Waals surface area (Å²) in [6.45, 7) is 3.23. The van der Waals surface area contributed by atoms with E-state index in [-0.39, 0.29) is 11.9 Å². The minimum absolute atomic E-state index is 0.125. The summed E-state index contributed by atoms with van der Waals surface area (Å²) in [5.74, 6) is 0.125. The third kappa shape index (κ3) is 2.84. The lowest BCUT2D eigenvalue weighted by atomic mass is 9.98. The molecule has 1 aromatic heterocycles. The first-order chi connectivity index (χ1) is 9.24. The second-order valence-electron chi connectivity index (χ2n) is 5.73. The SMILES string of the molecule is CC1NCCCC1NC(=O)c1cc2c(s1)CCCC2. The van der Waals surface area contributed by atoms with Crippen LogP contribution in [0.2, 0.25) is 0 Å². The number of hydrogen-bond acceptors (Lipinski definition) is 3. The molecule has 0 aromatic carbocycles. The van der Waals surface area contributed by atoms with Crippen molar-refractivity contribution in [2.75, 3.05) is 6.54 Å². The van der Waals surface area contributed by atoms with E-state index in [1.807, 2.05) is 0 Å². The molecule has 0 spiro atoms. The van der Waals surface area contributed by atoms with Crippen molar-refractivity contribution in [3.8, 4) is 0 Å². The highest BCUT2D eigenvalue weighted by Gasteiger charge is 2.24. The zero-order chi connectivity index (χ0) is 13.2. The van der Waals surface area contributed by atoms with Crippen molar-refractivity contribution in [2.24, 2.45) is 0 Å². The zero-order valence-electron chi connectivity index (χ0n) is 11.5. The molecular weight excluding hydrogens is 256 g/mol. The van der Waals surface area contributed by atoms with Crippen LogP contribution in [-0.4, -0.2) is 24.5 Å². The number of carbonyl (C=O) groups is 1. The maximum Gasteiger partial charge on any atom is 0.261 e. The molecule has 0 saturated carbocycles. The quantitative estimate of drug-likeness (QED) is 0.872. The molecule has 4 heteroatoms. The van der Waals surface area contributed by atoms with Crippen molar-refractivity contribution in [3.05, 3.63) is 21.4 Å². The lowest BCUT2D eigenvalue weighted by molar-refractivity contribution is 0.0924. The molecule has 2 N–H and O–H groups in total. The molecule has 2 unspecified atom stereocenters. The van der Waals surface area contributed by atoms with E-state index >= 15 is 0 Å². The molecule has 1 saturated heterocycles. The van der Waals surface area contributed by atoms with Crippen LogP contribution in [0.25, 0.3) is 0 Å². The van der Waals surface area contributed by atoms with Crippen LogP contribution in [0.5, 0.6) is 0 Å². The first-order valence-electron chi connectivity index (χ1n) is 7.40. The molecule has 2 atom stereocenters. The van der Waals surface area contributed by atoms with Gasteiger partial charge in [0.1, 0.15) is 0 Å². The molecule has 1 aromatic rings. The summed E-state index contributed by atoms with van der Waals surface area (Å²) in [5.41, 5.74) is 1.41. The molecule has 3 nitrogen and oxygen atoms in total. The third-order valence-electron chi connectivity index (χ3n) is 4.30. The van der Waals surface area contributed by atoms with Gasteiger partial charge in [-0.25, -0.2) is 0 Å². The van der Waals surface area contributed by atoms with E-state index in [0.717, 1.165) is 37.1 Å². The van der Waals surface area contributed by atoms with E-state index in [4.69, 9.17) is 0 Å². The average Bonchev–Trinajstić information content (AvgIpc) is 2.85. The van der Waals surface area contributed by atoms with Crippen LogP contribution in [0.3, 0.4) is 0 Å². The fraction of sp³-hybridized carbons (Fsp3) is 0.667. The number of amides is 1. The van der Waals surface area contributed by atoms with E-state index in [1.165, 1.54) is 23.3 Å². The van der Waals surface area contributed by atoms with E-state index in [2.05, 4.69) is 23.6 Å². The molecule has 1 amide bonds. The Hall–Kier alpha value is -0.870. The number of nitrogens with one attached hydrogen (secondary N) is 2. The number of piperidine rings is 1. The molecule has 3 rings (SSSR count). The number of carbonyl (C=O) groups excluding carboxylic acids is 1. The van der Waals surface area contributed by atoms with Gasteiger partial charge in [0, 0.05) is 17.0 Å². The van der Waals surface area contributed by atoms with Crippen molar-refractivity contribution >= 4 is 17.2 Å². The molecule has 1 fully saturated rings. The van der Waals surface area contributed by atoms with Crippen molar-refractivity contribution in [3.63, 3.8) is 0 Å². The standard InChI is InChI=1S/C15H22N2OS/c1-10-12(6-4-8-16-10)17-15(18)14-9-11-5-2-3-7-13(11)19-14/h9-10,12,16H,2-8H2,1H3,(H,17,18). The molecule has 2 heterocycles. The molecule has 1 aliphatic heterocycles. The zero-order valence-corrected chi connectivity index (χ0v) is 12.3. The Balaban J connectivity index is 1.68. The van der Waals surface area contributed by atoms with Gasteiger partial charge in [0.05, 0.1) is 4.88 Å². The molecule has 19 heavy (non-hydrogen) atoms. The van der Waals surface area contributed by atoms with E-state index in [1.54, 1.807) is 11.3 Å². The van der Waals surface area contributed by atoms with Gasteiger partial charge in [-0.05, 0) is 63.6 Å². The Kier molecular flexibility index (Phi) is 3.89. The summed E-state index contributed by atoms with van der Waals surface area (Å²) >= 11 is 1.70. The highest BCUT2D eigenvalue weighted by molar-refractivity contribution is 7.14. The first-order valence-corrected chi connectivity index (χ1v) is 8.21. The summed E-state index contributed by atoms with van der Waals surface area (Å²) in [6.07, 6.45) is 7.10. The summed E-state index contributed by atoms with van der Waals surface area (Å²) in [5, 5.41) is 6.63. The van der Waals surface area contributed by atoms with Gasteiger partial charge in [0.15, 0.2) is 0 Å². The fourth-order valence-corrected chi connectivity index (χ4v) is 4.24. The normalized spacial score (nSPS) is 26.8. The number of fused-ring (bicyclic) bond motifs is 1. The second kappa shape index (κ2) is 5.63. The van der Waals surface area contributed by atoms with E-state index < -0.39 is 0 Å². The predicted octanol–water partition coefficient (Wildman–Crippen LogP) is 2.50. The minimum atomic E-state index is 0.125.